The van der Waals surface area contributed by atoms with Gasteiger partial charge in [-0.25, -0.2) is 8.78 Å². The first-order valence-corrected chi connectivity index (χ1v) is 6.01. The van der Waals surface area contributed by atoms with Gasteiger partial charge in [0.25, 0.3) is 0 Å². The largest absolute Gasteiger partial charge is 0.367 e. The molecule has 0 radical (unpaired) electrons. The molecule has 0 amide bonds. The SMILES string of the molecule is NCC(OCc1ccccc1F)c1ccc(F)cc1. The first kappa shape index (κ1) is 13.6. The van der Waals surface area contributed by atoms with E-state index in [0.717, 1.165) is 5.56 Å². The fourth-order valence-electron chi connectivity index (χ4n) is 1.78. The van der Waals surface area contributed by atoms with Crippen LogP contribution in [0.4, 0.5) is 8.78 Å². The minimum absolute atomic E-state index is 0.131. The molecule has 0 aliphatic carbocycles. The van der Waals surface area contributed by atoms with Gasteiger partial charge in [-0.3, -0.25) is 0 Å². The van der Waals surface area contributed by atoms with Gasteiger partial charge in [-0.2, -0.15) is 0 Å². The molecule has 2 N–H and O–H groups in total. The van der Waals surface area contributed by atoms with E-state index < -0.39 is 0 Å². The van der Waals surface area contributed by atoms with E-state index in [1.807, 2.05) is 0 Å². The Morgan fingerprint density at radius 3 is 2.32 bits per heavy atom. The average molecular weight is 263 g/mol. The van der Waals surface area contributed by atoms with Crippen LogP contribution < -0.4 is 5.73 Å². The minimum Gasteiger partial charge on any atom is -0.367 e. The van der Waals surface area contributed by atoms with Gasteiger partial charge in [0.2, 0.25) is 0 Å². The number of hydrogen-bond acceptors (Lipinski definition) is 2. The van der Waals surface area contributed by atoms with Gasteiger partial charge in [-0.15, -0.1) is 0 Å². The first-order valence-electron chi connectivity index (χ1n) is 6.01. The third kappa shape index (κ3) is 3.59. The van der Waals surface area contributed by atoms with E-state index in [4.69, 9.17) is 10.5 Å². The molecular weight excluding hydrogens is 248 g/mol. The van der Waals surface area contributed by atoms with Crippen molar-refractivity contribution in [2.45, 2.75) is 12.7 Å². The minimum atomic E-state index is -0.375. The van der Waals surface area contributed by atoms with Gasteiger partial charge in [0.1, 0.15) is 11.6 Å². The summed E-state index contributed by atoms with van der Waals surface area (Å²) in [7, 11) is 0. The molecule has 0 aliphatic heterocycles. The Labute approximate surface area is 110 Å². The third-order valence-electron chi connectivity index (χ3n) is 2.85. The molecule has 0 saturated carbocycles. The smallest absolute Gasteiger partial charge is 0.128 e. The van der Waals surface area contributed by atoms with Crippen LogP contribution in [0.15, 0.2) is 48.5 Å². The van der Waals surface area contributed by atoms with E-state index >= 15 is 0 Å². The molecule has 0 bridgehead atoms. The maximum Gasteiger partial charge on any atom is 0.128 e. The number of rotatable bonds is 5. The second-order valence-corrected chi connectivity index (χ2v) is 4.18. The van der Waals surface area contributed by atoms with Crippen LogP contribution in [0, 0.1) is 11.6 Å². The van der Waals surface area contributed by atoms with E-state index in [0.29, 0.717) is 5.56 Å². The zero-order valence-electron chi connectivity index (χ0n) is 10.4. The van der Waals surface area contributed by atoms with E-state index in [9.17, 15) is 8.78 Å². The van der Waals surface area contributed by atoms with Crippen LogP contribution in [0.5, 0.6) is 0 Å². The van der Waals surface area contributed by atoms with Crippen molar-refractivity contribution in [2.24, 2.45) is 5.73 Å². The Morgan fingerprint density at radius 1 is 1.00 bits per heavy atom. The second-order valence-electron chi connectivity index (χ2n) is 4.18. The quantitative estimate of drug-likeness (QED) is 0.899. The number of benzene rings is 2. The molecule has 0 aliphatic rings. The van der Waals surface area contributed by atoms with Crippen molar-refractivity contribution in [2.75, 3.05) is 6.54 Å². The molecule has 19 heavy (non-hydrogen) atoms. The number of nitrogens with two attached hydrogens (primary N) is 1. The molecule has 0 spiro atoms. The average Bonchev–Trinajstić information content (AvgIpc) is 2.43. The zero-order chi connectivity index (χ0) is 13.7. The van der Waals surface area contributed by atoms with Gasteiger partial charge >= 0.3 is 0 Å². The predicted molar refractivity (Wildman–Crippen MR) is 69.4 cm³/mol. The Hall–Kier alpha value is -1.78. The second kappa shape index (κ2) is 6.41. The topological polar surface area (TPSA) is 35.2 Å². The highest BCUT2D eigenvalue weighted by molar-refractivity contribution is 5.20. The molecule has 4 heteroatoms. The van der Waals surface area contributed by atoms with E-state index in [1.165, 1.54) is 18.2 Å². The number of ether oxygens (including phenoxy) is 1. The molecule has 2 aromatic carbocycles. The molecule has 1 unspecified atom stereocenters. The van der Waals surface area contributed by atoms with Gasteiger partial charge < -0.3 is 10.5 Å². The summed E-state index contributed by atoms with van der Waals surface area (Å²) in [6, 6.07) is 12.4. The van der Waals surface area contributed by atoms with Crippen molar-refractivity contribution in [1.82, 2.24) is 0 Å². The molecule has 2 nitrogen and oxygen atoms in total. The summed E-state index contributed by atoms with van der Waals surface area (Å²) in [4.78, 5) is 0. The maximum atomic E-state index is 13.4. The van der Waals surface area contributed by atoms with E-state index in [1.54, 1.807) is 30.3 Å². The molecule has 1 atom stereocenters. The van der Waals surface area contributed by atoms with Crippen molar-refractivity contribution in [3.8, 4) is 0 Å². The molecular formula is C15H15F2NO. The van der Waals surface area contributed by atoms with Gasteiger partial charge in [-0.1, -0.05) is 30.3 Å². The Bertz CT molecular complexity index is 528. The highest BCUT2D eigenvalue weighted by Crippen LogP contribution is 2.19. The van der Waals surface area contributed by atoms with Crippen LogP contribution >= 0.6 is 0 Å². The Kier molecular flexibility index (Phi) is 4.60. The van der Waals surface area contributed by atoms with Crippen LogP contribution in [0.1, 0.15) is 17.2 Å². The summed E-state index contributed by atoms with van der Waals surface area (Å²) >= 11 is 0. The summed E-state index contributed by atoms with van der Waals surface area (Å²) < 4.78 is 31.9. The van der Waals surface area contributed by atoms with Gasteiger partial charge in [-0.05, 0) is 23.8 Å². The van der Waals surface area contributed by atoms with E-state index in [-0.39, 0.29) is 30.9 Å². The lowest BCUT2D eigenvalue weighted by Gasteiger charge is -2.16. The lowest BCUT2D eigenvalue weighted by atomic mass is 10.1. The zero-order valence-corrected chi connectivity index (χ0v) is 10.4. The normalized spacial score (nSPS) is 12.4. The fourth-order valence-corrected chi connectivity index (χ4v) is 1.78. The Morgan fingerprint density at radius 2 is 1.68 bits per heavy atom. The number of hydrogen-bond donors (Lipinski definition) is 1. The molecule has 2 rings (SSSR count). The van der Waals surface area contributed by atoms with Crippen LogP contribution in [-0.2, 0) is 11.3 Å². The molecule has 0 fully saturated rings. The maximum absolute atomic E-state index is 13.4. The molecule has 2 aromatic rings. The van der Waals surface area contributed by atoms with Crippen LogP contribution in [0.25, 0.3) is 0 Å². The molecule has 0 saturated heterocycles. The summed E-state index contributed by atoms with van der Waals surface area (Å²) in [5.74, 6) is -0.619. The summed E-state index contributed by atoms with van der Waals surface area (Å²) in [5.41, 5.74) is 6.89. The first-order chi connectivity index (χ1) is 9.20. The summed E-state index contributed by atoms with van der Waals surface area (Å²) in [5, 5.41) is 0. The fraction of sp³-hybridized carbons (Fsp3) is 0.200. The van der Waals surface area contributed by atoms with Crippen molar-refractivity contribution >= 4 is 0 Å². The molecule has 100 valence electrons. The van der Waals surface area contributed by atoms with Crippen molar-refractivity contribution in [3.63, 3.8) is 0 Å². The molecule has 0 aromatic heterocycles. The standard InChI is InChI=1S/C15H15F2NO/c16-13-7-5-11(6-8-13)15(9-18)19-10-12-3-1-2-4-14(12)17/h1-8,15H,9-10,18H2. The predicted octanol–water partition coefficient (Wildman–Crippen LogP) is 3.18. The van der Waals surface area contributed by atoms with Crippen molar-refractivity contribution < 1.29 is 13.5 Å². The highest BCUT2D eigenvalue weighted by Gasteiger charge is 2.11. The highest BCUT2D eigenvalue weighted by atomic mass is 19.1. The Balaban J connectivity index is 2.04. The van der Waals surface area contributed by atoms with Crippen LogP contribution in [0.3, 0.4) is 0 Å². The summed E-state index contributed by atoms with van der Waals surface area (Å²) in [6.45, 7) is 0.381. The van der Waals surface area contributed by atoms with Crippen LogP contribution in [0.2, 0.25) is 0 Å². The van der Waals surface area contributed by atoms with Gasteiger partial charge in [0.05, 0.1) is 12.7 Å². The molecule has 0 heterocycles. The lowest BCUT2D eigenvalue weighted by Crippen LogP contribution is -2.16. The van der Waals surface area contributed by atoms with Crippen LogP contribution in [-0.4, -0.2) is 6.54 Å². The van der Waals surface area contributed by atoms with Gasteiger partial charge in [0.15, 0.2) is 0 Å². The van der Waals surface area contributed by atoms with Crippen molar-refractivity contribution in [3.05, 3.63) is 71.3 Å². The number of halogens is 2. The van der Waals surface area contributed by atoms with Crippen molar-refractivity contribution in [1.29, 1.82) is 0 Å². The summed E-state index contributed by atoms with van der Waals surface area (Å²) in [6.07, 6.45) is -0.375. The van der Waals surface area contributed by atoms with Gasteiger partial charge in [0, 0.05) is 12.1 Å². The third-order valence-corrected chi connectivity index (χ3v) is 2.85. The lowest BCUT2D eigenvalue weighted by molar-refractivity contribution is 0.0440. The van der Waals surface area contributed by atoms with E-state index in [2.05, 4.69) is 0 Å². The monoisotopic (exact) mass is 263 g/mol.